The third-order valence-electron chi connectivity index (χ3n) is 2.22. The lowest BCUT2D eigenvalue weighted by molar-refractivity contribution is 0.872. The van der Waals surface area contributed by atoms with E-state index in [-0.39, 0.29) is 16.4 Å². The first kappa shape index (κ1) is 12.6. The van der Waals surface area contributed by atoms with Crippen LogP contribution in [0.15, 0.2) is 38.3 Å². The van der Waals surface area contributed by atoms with Gasteiger partial charge < -0.3 is 0 Å². The summed E-state index contributed by atoms with van der Waals surface area (Å²) in [6.45, 7) is 0. The predicted molar refractivity (Wildman–Crippen MR) is 70.1 cm³/mol. The molecule has 18 heavy (non-hydrogen) atoms. The van der Waals surface area contributed by atoms with E-state index < -0.39 is 11.2 Å². The predicted octanol–water partition coefficient (Wildman–Crippen LogP) is 1.81. The highest BCUT2D eigenvalue weighted by molar-refractivity contribution is 9.10. The molecule has 0 bridgehead atoms. The average molecular weight is 327 g/mol. The number of hydrogen-bond acceptors (Lipinski definition) is 3. The highest BCUT2D eigenvalue weighted by Crippen LogP contribution is 2.17. The number of rotatable bonds is 1. The summed E-state index contributed by atoms with van der Waals surface area (Å²) in [5.41, 5.74) is -0.872. The molecule has 5 nitrogen and oxygen atoms in total. The fourth-order valence-corrected chi connectivity index (χ4v) is 2.00. The van der Waals surface area contributed by atoms with Gasteiger partial charge in [-0.3, -0.25) is 9.78 Å². The van der Waals surface area contributed by atoms with Crippen LogP contribution in [0.3, 0.4) is 0 Å². The van der Waals surface area contributed by atoms with Gasteiger partial charge >= 0.3 is 5.69 Å². The minimum absolute atomic E-state index is 0.0465. The summed E-state index contributed by atoms with van der Waals surface area (Å²) in [6.07, 6.45) is 0. The van der Waals surface area contributed by atoms with Crippen molar-refractivity contribution in [2.75, 3.05) is 0 Å². The van der Waals surface area contributed by atoms with Crippen LogP contribution in [0.4, 0.5) is 0 Å². The molecule has 90 valence electrons. The summed E-state index contributed by atoms with van der Waals surface area (Å²) < 4.78 is 1.51. The molecule has 7 heteroatoms. The zero-order valence-electron chi connectivity index (χ0n) is 8.78. The number of nitrogens with one attached hydrogen (secondary N) is 1. The van der Waals surface area contributed by atoms with Crippen molar-refractivity contribution >= 4 is 27.5 Å². The quantitative estimate of drug-likeness (QED) is 0.812. The van der Waals surface area contributed by atoms with Crippen LogP contribution in [0.2, 0.25) is 5.15 Å². The molecule has 0 unspecified atom stereocenters. The van der Waals surface area contributed by atoms with E-state index >= 15 is 0 Å². The molecule has 1 heterocycles. The van der Waals surface area contributed by atoms with Gasteiger partial charge in [0.2, 0.25) is 0 Å². The van der Waals surface area contributed by atoms with Gasteiger partial charge in [0.1, 0.15) is 11.2 Å². The van der Waals surface area contributed by atoms with E-state index in [0.29, 0.717) is 4.47 Å². The minimum Gasteiger partial charge on any atom is -0.297 e. The number of benzene rings is 1. The first-order valence-corrected chi connectivity index (χ1v) is 5.92. The molecule has 1 aromatic carbocycles. The van der Waals surface area contributed by atoms with Crippen LogP contribution >= 0.6 is 27.5 Å². The maximum atomic E-state index is 11.8. The van der Waals surface area contributed by atoms with Crippen molar-refractivity contribution < 1.29 is 0 Å². The summed E-state index contributed by atoms with van der Waals surface area (Å²) in [5.74, 6) is 0. The molecule has 0 aliphatic carbocycles. The third kappa shape index (κ3) is 2.23. The van der Waals surface area contributed by atoms with Crippen LogP contribution in [0.5, 0.6) is 0 Å². The Morgan fingerprint density at radius 2 is 2.06 bits per heavy atom. The molecule has 2 rings (SSSR count). The molecule has 0 aliphatic rings. The van der Waals surface area contributed by atoms with Crippen LogP contribution in [-0.4, -0.2) is 9.55 Å². The molecule has 0 amide bonds. The van der Waals surface area contributed by atoms with Gasteiger partial charge in [-0.15, -0.1) is 0 Å². The summed E-state index contributed by atoms with van der Waals surface area (Å²) >= 11 is 8.79. The van der Waals surface area contributed by atoms with Crippen molar-refractivity contribution in [3.63, 3.8) is 0 Å². The second kappa shape index (κ2) is 4.80. The molecule has 0 atom stereocenters. The van der Waals surface area contributed by atoms with Crippen LogP contribution in [0, 0.1) is 11.3 Å². The maximum absolute atomic E-state index is 11.8. The van der Waals surface area contributed by atoms with E-state index in [9.17, 15) is 9.59 Å². The Kier molecular flexibility index (Phi) is 3.36. The lowest BCUT2D eigenvalue weighted by Crippen LogP contribution is -2.33. The van der Waals surface area contributed by atoms with Crippen molar-refractivity contribution in [3.05, 3.63) is 60.3 Å². The molecule has 0 aliphatic heterocycles. The second-order valence-corrected chi connectivity index (χ2v) is 4.69. The Morgan fingerprint density at radius 3 is 2.67 bits per heavy atom. The molecule has 2 aromatic rings. The van der Waals surface area contributed by atoms with Crippen LogP contribution in [0.25, 0.3) is 5.69 Å². The Balaban J connectivity index is 2.86. The normalized spacial score (nSPS) is 10.1. The van der Waals surface area contributed by atoms with Gasteiger partial charge in [-0.1, -0.05) is 27.5 Å². The first-order valence-electron chi connectivity index (χ1n) is 4.75. The van der Waals surface area contributed by atoms with Crippen molar-refractivity contribution in [1.29, 1.82) is 5.26 Å². The second-order valence-electron chi connectivity index (χ2n) is 3.37. The van der Waals surface area contributed by atoms with E-state index in [1.165, 1.54) is 12.1 Å². The molecule has 1 N–H and O–H groups in total. The first-order chi connectivity index (χ1) is 8.52. The number of aromatic amines is 1. The number of aromatic nitrogens is 2. The molecule has 0 saturated carbocycles. The van der Waals surface area contributed by atoms with Gasteiger partial charge in [-0.25, -0.2) is 9.36 Å². The fraction of sp³-hybridized carbons (Fsp3) is 0. The zero-order chi connectivity index (χ0) is 13.3. The summed E-state index contributed by atoms with van der Waals surface area (Å²) in [4.78, 5) is 25.8. The van der Waals surface area contributed by atoms with Gasteiger partial charge in [-0.2, -0.15) is 5.26 Å². The summed E-state index contributed by atoms with van der Waals surface area (Å²) in [6, 6.07) is 7.68. The summed E-state index contributed by atoms with van der Waals surface area (Å²) in [7, 11) is 0. The third-order valence-corrected chi connectivity index (χ3v) is 2.92. The number of nitriles is 1. The van der Waals surface area contributed by atoms with Gasteiger partial charge in [-0.05, 0) is 18.2 Å². The molecular formula is C11H5BrClN3O2. The summed E-state index contributed by atoms with van der Waals surface area (Å²) in [5, 5.41) is 8.94. The zero-order valence-corrected chi connectivity index (χ0v) is 11.1. The molecule has 0 spiro atoms. The fourth-order valence-electron chi connectivity index (χ4n) is 1.48. The van der Waals surface area contributed by atoms with Crippen molar-refractivity contribution in [1.82, 2.24) is 9.55 Å². The topological polar surface area (TPSA) is 78.7 Å². The molecule has 0 saturated heterocycles. The molecular weight excluding hydrogens is 321 g/mol. The Hall–Kier alpha value is -1.84. The van der Waals surface area contributed by atoms with E-state index in [1.54, 1.807) is 6.07 Å². The van der Waals surface area contributed by atoms with Gasteiger partial charge in [0.15, 0.2) is 0 Å². The van der Waals surface area contributed by atoms with Gasteiger partial charge in [0.25, 0.3) is 5.56 Å². The highest BCUT2D eigenvalue weighted by Gasteiger charge is 2.11. The Labute approximate surface area is 114 Å². The smallest absolute Gasteiger partial charge is 0.297 e. The number of hydrogen-bond donors (Lipinski definition) is 1. The van der Waals surface area contributed by atoms with Crippen LogP contribution in [0.1, 0.15) is 5.56 Å². The Bertz CT molecular complexity index is 742. The van der Waals surface area contributed by atoms with Crippen LogP contribution < -0.4 is 11.2 Å². The monoisotopic (exact) mass is 325 g/mol. The van der Waals surface area contributed by atoms with E-state index in [1.807, 2.05) is 6.07 Å². The molecule has 0 radical (unpaired) electrons. The maximum Gasteiger partial charge on any atom is 0.334 e. The molecule has 0 fully saturated rings. The standard InChI is InChI=1S/C11H5BrClN3O2/c12-7-2-1-6(5-14)8(3-7)16-10(17)4-9(13)15-11(16)18/h1-4H,(H,15,18). The van der Waals surface area contributed by atoms with Gasteiger partial charge in [0.05, 0.1) is 11.3 Å². The minimum atomic E-state index is -0.692. The van der Waals surface area contributed by atoms with Crippen molar-refractivity contribution in [2.45, 2.75) is 0 Å². The Morgan fingerprint density at radius 1 is 1.33 bits per heavy atom. The van der Waals surface area contributed by atoms with E-state index in [0.717, 1.165) is 10.6 Å². The van der Waals surface area contributed by atoms with Crippen LogP contribution in [-0.2, 0) is 0 Å². The number of nitrogens with zero attached hydrogens (tertiary/aromatic N) is 2. The van der Waals surface area contributed by atoms with E-state index in [4.69, 9.17) is 16.9 Å². The number of halogens is 2. The SMILES string of the molecule is N#Cc1ccc(Br)cc1-n1c(=O)cc(Cl)[nH]c1=O. The molecule has 1 aromatic heterocycles. The highest BCUT2D eigenvalue weighted by atomic mass is 79.9. The number of H-pyrrole nitrogens is 1. The largest absolute Gasteiger partial charge is 0.334 e. The van der Waals surface area contributed by atoms with Crippen molar-refractivity contribution in [3.8, 4) is 11.8 Å². The van der Waals surface area contributed by atoms with Crippen molar-refractivity contribution in [2.24, 2.45) is 0 Å². The average Bonchev–Trinajstić information content (AvgIpc) is 2.28. The van der Waals surface area contributed by atoms with Gasteiger partial charge in [0, 0.05) is 10.5 Å². The lowest BCUT2D eigenvalue weighted by Gasteiger charge is -2.06. The lowest BCUT2D eigenvalue weighted by atomic mass is 10.2. The van der Waals surface area contributed by atoms with E-state index in [2.05, 4.69) is 20.9 Å².